The minimum Gasteiger partial charge on any atom is -0.491 e. The Kier molecular flexibility index (Phi) is 5.39. The molecule has 0 saturated carbocycles. The topological polar surface area (TPSA) is 55.4 Å². The molecule has 4 nitrogen and oxygen atoms in total. The highest BCUT2D eigenvalue weighted by atomic mass is 35.5. The van der Waals surface area contributed by atoms with Crippen molar-refractivity contribution in [3.8, 4) is 5.75 Å². The number of halogens is 2. The fourth-order valence-electron chi connectivity index (χ4n) is 1.76. The Bertz CT molecular complexity index is 748. The number of benzene rings is 2. The average molecular weight is 344 g/mol. The predicted molar refractivity (Wildman–Crippen MR) is 83.3 cm³/mol. The van der Waals surface area contributed by atoms with Crippen LogP contribution in [-0.4, -0.2) is 21.6 Å². The first-order valence-electron chi connectivity index (χ1n) is 6.53. The molecule has 0 atom stereocenters. The molecule has 0 unspecified atom stereocenters. The molecule has 0 amide bonds. The van der Waals surface area contributed by atoms with Gasteiger partial charge in [0.1, 0.15) is 18.2 Å². The van der Waals surface area contributed by atoms with Gasteiger partial charge in [-0.25, -0.2) is 17.5 Å². The van der Waals surface area contributed by atoms with Crippen LogP contribution in [0.2, 0.25) is 5.02 Å². The van der Waals surface area contributed by atoms with Crippen LogP contribution in [0.4, 0.5) is 4.39 Å². The number of ether oxygens (including phenoxy) is 1. The highest BCUT2D eigenvalue weighted by Crippen LogP contribution is 2.25. The van der Waals surface area contributed by atoms with E-state index >= 15 is 0 Å². The van der Waals surface area contributed by atoms with Crippen molar-refractivity contribution in [2.24, 2.45) is 0 Å². The summed E-state index contributed by atoms with van der Waals surface area (Å²) in [6, 6.07) is 9.94. The average Bonchev–Trinajstić information content (AvgIpc) is 2.47. The summed E-state index contributed by atoms with van der Waals surface area (Å²) < 4.78 is 44.5. The third-order valence-corrected chi connectivity index (χ3v) is 4.65. The second kappa shape index (κ2) is 7.09. The maximum Gasteiger partial charge on any atom is 0.240 e. The number of aryl methyl sites for hydroxylation is 1. The molecule has 7 heteroatoms. The molecule has 0 bridgehead atoms. The summed E-state index contributed by atoms with van der Waals surface area (Å²) in [5, 5.41) is 0.465. The van der Waals surface area contributed by atoms with Gasteiger partial charge < -0.3 is 4.74 Å². The van der Waals surface area contributed by atoms with Crippen molar-refractivity contribution in [1.29, 1.82) is 0 Å². The van der Waals surface area contributed by atoms with Crippen LogP contribution in [0.5, 0.6) is 5.75 Å². The summed E-state index contributed by atoms with van der Waals surface area (Å²) >= 11 is 5.98. The molecule has 2 rings (SSSR count). The first-order valence-corrected chi connectivity index (χ1v) is 8.39. The molecule has 0 aliphatic carbocycles. The zero-order valence-corrected chi connectivity index (χ0v) is 13.4. The van der Waals surface area contributed by atoms with Crippen molar-refractivity contribution >= 4 is 21.6 Å². The van der Waals surface area contributed by atoms with E-state index < -0.39 is 15.8 Å². The van der Waals surface area contributed by atoms with Gasteiger partial charge in [-0.3, -0.25) is 0 Å². The number of sulfonamides is 1. The zero-order valence-electron chi connectivity index (χ0n) is 11.8. The van der Waals surface area contributed by atoms with Crippen LogP contribution in [0.15, 0.2) is 47.4 Å². The Labute approximate surface area is 133 Å². The SMILES string of the molecule is Cc1ccc(Cl)c(OCCNS(=O)(=O)c2ccc(F)cc2)c1. The number of hydrogen-bond donors (Lipinski definition) is 1. The van der Waals surface area contributed by atoms with E-state index in [9.17, 15) is 12.8 Å². The molecular formula is C15H15ClFNO3S. The van der Waals surface area contributed by atoms with Gasteiger partial charge in [0.2, 0.25) is 10.0 Å². The summed E-state index contributed by atoms with van der Waals surface area (Å²) in [5.41, 5.74) is 0.992. The van der Waals surface area contributed by atoms with E-state index in [0.717, 1.165) is 17.7 Å². The molecule has 118 valence electrons. The van der Waals surface area contributed by atoms with E-state index in [1.165, 1.54) is 12.1 Å². The second-order valence-corrected chi connectivity index (χ2v) is 6.81. The summed E-state index contributed by atoms with van der Waals surface area (Å²) in [7, 11) is -3.68. The van der Waals surface area contributed by atoms with Crippen molar-refractivity contribution in [3.63, 3.8) is 0 Å². The normalized spacial score (nSPS) is 11.4. The highest BCUT2D eigenvalue weighted by Gasteiger charge is 2.13. The van der Waals surface area contributed by atoms with Gasteiger partial charge in [0, 0.05) is 6.54 Å². The third kappa shape index (κ3) is 4.43. The second-order valence-electron chi connectivity index (χ2n) is 4.63. The van der Waals surface area contributed by atoms with Crippen LogP contribution in [0.1, 0.15) is 5.56 Å². The Hall–Kier alpha value is -1.63. The lowest BCUT2D eigenvalue weighted by Crippen LogP contribution is -2.28. The van der Waals surface area contributed by atoms with Crippen LogP contribution in [-0.2, 0) is 10.0 Å². The predicted octanol–water partition coefficient (Wildman–Crippen LogP) is 3.14. The molecule has 0 radical (unpaired) electrons. The molecule has 0 fully saturated rings. The molecular weight excluding hydrogens is 329 g/mol. The molecule has 0 spiro atoms. The Morgan fingerprint density at radius 1 is 1.18 bits per heavy atom. The molecule has 2 aromatic carbocycles. The largest absolute Gasteiger partial charge is 0.491 e. The van der Waals surface area contributed by atoms with E-state index in [4.69, 9.17) is 16.3 Å². The Morgan fingerprint density at radius 3 is 2.55 bits per heavy atom. The maximum atomic E-state index is 12.8. The number of hydrogen-bond acceptors (Lipinski definition) is 3. The lowest BCUT2D eigenvalue weighted by Gasteiger charge is -2.10. The van der Waals surface area contributed by atoms with Gasteiger partial charge in [-0.1, -0.05) is 17.7 Å². The minimum absolute atomic E-state index is 0.00230. The lowest BCUT2D eigenvalue weighted by atomic mass is 10.2. The van der Waals surface area contributed by atoms with E-state index in [2.05, 4.69) is 4.72 Å². The standard InChI is InChI=1S/C15H15ClFNO3S/c1-11-2-7-14(16)15(10-11)21-9-8-18-22(19,20)13-5-3-12(17)4-6-13/h2-7,10,18H,8-9H2,1H3. The number of nitrogens with one attached hydrogen (secondary N) is 1. The van der Waals surface area contributed by atoms with Crippen LogP contribution in [0, 0.1) is 12.7 Å². The smallest absolute Gasteiger partial charge is 0.240 e. The summed E-state index contributed by atoms with van der Waals surface area (Å²) in [5.74, 6) is 0.0130. The van der Waals surface area contributed by atoms with Gasteiger partial charge in [0.25, 0.3) is 0 Å². The maximum absolute atomic E-state index is 12.8. The molecule has 0 aliphatic heterocycles. The van der Waals surface area contributed by atoms with Crippen molar-refractivity contribution < 1.29 is 17.5 Å². The first kappa shape index (κ1) is 16.7. The number of rotatable bonds is 6. The van der Waals surface area contributed by atoms with Crippen molar-refractivity contribution in [3.05, 3.63) is 58.9 Å². The minimum atomic E-state index is -3.68. The van der Waals surface area contributed by atoms with Crippen molar-refractivity contribution in [1.82, 2.24) is 4.72 Å². The van der Waals surface area contributed by atoms with Crippen molar-refractivity contribution in [2.75, 3.05) is 13.2 Å². The Morgan fingerprint density at radius 2 is 1.86 bits per heavy atom. The van der Waals surface area contributed by atoms with Gasteiger partial charge in [-0.2, -0.15) is 0 Å². The van der Waals surface area contributed by atoms with Gasteiger partial charge in [0.15, 0.2) is 0 Å². The summed E-state index contributed by atoms with van der Waals surface area (Å²) in [4.78, 5) is 0.00230. The van der Waals surface area contributed by atoms with Gasteiger partial charge >= 0.3 is 0 Å². The van der Waals surface area contributed by atoms with E-state index in [1.807, 2.05) is 13.0 Å². The fraction of sp³-hybridized carbons (Fsp3) is 0.200. The van der Waals surface area contributed by atoms with Crippen LogP contribution in [0.3, 0.4) is 0 Å². The van der Waals surface area contributed by atoms with Crippen LogP contribution >= 0.6 is 11.6 Å². The van der Waals surface area contributed by atoms with E-state index in [0.29, 0.717) is 10.8 Å². The van der Waals surface area contributed by atoms with Gasteiger partial charge in [-0.05, 0) is 48.9 Å². The van der Waals surface area contributed by atoms with E-state index in [-0.39, 0.29) is 18.0 Å². The molecule has 2 aromatic rings. The molecule has 22 heavy (non-hydrogen) atoms. The molecule has 0 heterocycles. The zero-order chi connectivity index (χ0) is 16.2. The quantitative estimate of drug-likeness (QED) is 0.820. The Balaban J connectivity index is 1.90. The lowest BCUT2D eigenvalue weighted by molar-refractivity contribution is 0.323. The van der Waals surface area contributed by atoms with Crippen LogP contribution < -0.4 is 9.46 Å². The molecule has 1 N–H and O–H groups in total. The van der Waals surface area contributed by atoms with E-state index in [1.54, 1.807) is 12.1 Å². The first-order chi connectivity index (χ1) is 10.4. The molecule has 0 saturated heterocycles. The third-order valence-electron chi connectivity index (χ3n) is 2.86. The van der Waals surface area contributed by atoms with Gasteiger partial charge in [0.05, 0.1) is 9.92 Å². The van der Waals surface area contributed by atoms with Crippen LogP contribution in [0.25, 0.3) is 0 Å². The molecule has 0 aromatic heterocycles. The van der Waals surface area contributed by atoms with Crippen molar-refractivity contribution in [2.45, 2.75) is 11.8 Å². The highest BCUT2D eigenvalue weighted by molar-refractivity contribution is 7.89. The summed E-state index contributed by atoms with van der Waals surface area (Å²) in [6.45, 7) is 2.11. The fourth-order valence-corrected chi connectivity index (χ4v) is 2.94. The van der Waals surface area contributed by atoms with Gasteiger partial charge in [-0.15, -0.1) is 0 Å². The summed E-state index contributed by atoms with van der Waals surface area (Å²) in [6.07, 6.45) is 0. The molecule has 0 aliphatic rings. The monoisotopic (exact) mass is 343 g/mol.